The third-order valence-electron chi connectivity index (χ3n) is 4.27. The molecule has 2 aromatic heterocycles. The van der Waals surface area contributed by atoms with Crippen molar-refractivity contribution < 1.29 is 9.47 Å². The fourth-order valence-electron chi connectivity index (χ4n) is 3.22. The maximum Gasteiger partial charge on any atom is 0.161 e. The number of pyridine rings is 1. The Labute approximate surface area is 151 Å². The minimum Gasteiger partial charge on any atom is -0.490 e. The minimum atomic E-state index is 0.474. The molecular formula is C19H18ClN3O2. The number of aromatic amines is 1. The van der Waals surface area contributed by atoms with Crippen LogP contribution >= 0.6 is 11.6 Å². The van der Waals surface area contributed by atoms with Crippen LogP contribution in [0.15, 0.2) is 30.5 Å². The van der Waals surface area contributed by atoms with Crippen LogP contribution in [0.25, 0.3) is 22.5 Å². The number of H-pyrrole nitrogens is 1. The molecule has 0 fully saturated rings. The van der Waals surface area contributed by atoms with Crippen molar-refractivity contribution >= 4 is 11.6 Å². The van der Waals surface area contributed by atoms with Crippen molar-refractivity contribution in [2.45, 2.75) is 20.3 Å². The van der Waals surface area contributed by atoms with Gasteiger partial charge in [0.2, 0.25) is 0 Å². The highest BCUT2D eigenvalue weighted by Crippen LogP contribution is 2.44. The predicted molar refractivity (Wildman–Crippen MR) is 97.4 cm³/mol. The molecule has 0 amide bonds. The summed E-state index contributed by atoms with van der Waals surface area (Å²) in [4.78, 5) is 4.16. The molecule has 6 heteroatoms. The van der Waals surface area contributed by atoms with Crippen LogP contribution in [0.3, 0.4) is 0 Å². The monoisotopic (exact) mass is 355 g/mol. The molecule has 1 aromatic carbocycles. The summed E-state index contributed by atoms with van der Waals surface area (Å²) in [5.41, 5.74) is 6.37. The fourth-order valence-corrected chi connectivity index (χ4v) is 3.33. The van der Waals surface area contributed by atoms with E-state index in [2.05, 4.69) is 21.2 Å². The standard InChI is InChI=1S/C19H18ClN3O2/c1-3-24-15-8-12-7-14-18(11-5-6-17(20)21-10-11)22-23-19(14)13(12)9-16(15)25-4-2/h5-6,8-10H,3-4,7H2,1-2H3,(H,22,23). The van der Waals surface area contributed by atoms with Gasteiger partial charge >= 0.3 is 0 Å². The summed E-state index contributed by atoms with van der Waals surface area (Å²) >= 11 is 5.89. The molecule has 0 atom stereocenters. The van der Waals surface area contributed by atoms with Crippen LogP contribution in [0.1, 0.15) is 25.0 Å². The van der Waals surface area contributed by atoms with Crippen LogP contribution in [0.2, 0.25) is 5.15 Å². The van der Waals surface area contributed by atoms with E-state index < -0.39 is 0 Å². The molecule has 128 valence electrons. The number of rotatable bonds is 5. The SMILES string of the molecule is CCOc1cc2c(cc1OCC)-c1[nH]nc(-c3ccc(Cl)nc3)c1C2. The number of aromatic nitrogens is 3. The first-order valence-corrected chi connectivity index (χ1v) is 8.71. The molecule has 0 saturated carbocycles. The zero-order valence-corrected chi connectivity index (χ0v) is 14.9. The lowest BCUT2D eigenvalue weighted by Crippen LogP contribution is -1.99. The van der Waals surface area contributed by atoms with E-state index in [1.165, 1.54) is 5.56 Å². The van der Waals surface area contributed by atoms with Crippen LogP contribution in [-0.2, 0) is 6.42 Å². The first-order valence-electron chi connectivity index (χ1n) is 8.33. The van der Waals surface area contributed by atoms with Crippen LogP contribution < -0.4 is 9.47 Å². The first-order chi connectivity index (χ1) is 12.2. The Kier molecular flexibility index (Phi) is 4.09. The number of nitrogens with zero attached hydrogens (tertiary/aromatic N) is 2. The largest absolute Gasteiger partial charge is 0.490 e. The van der Waals surface area contributed by atoms with Crippen molar-refractivity contribution in [1.82, 2.24) is 15.2 Å². The van der Waals surface area contributed by atoms with Gasteiger partial charge in [-0.25, -0.2) is 4.98 Å². The van der Waals surface area contributed by atoms with E-state index in [1.54, 1.807) is 12.3 Å². The number of benzene rings is 1. The van der Waals surface area contributed by atoms with E-state index in [0.29, 0.717) is 18.4 Å². The lowest BCUT2D eigenvalue weighted by atomic mass is 10.1. The molecule has 0 radical (unpaired) electrons. The number of fused-ring (bicyclic) bond motifs is 3. The van der Waals surface area contributed by atoms with Gasteiger partial charge in [-0.05, 0) is 43.7 Å². The number of hydrogen-bond acceptors (Lipinski definition) is 4. The predicted octanol–water partition coefficient (Wildman–Crippen LogP) is 4.49. The van der Waals surface area contributed by atoms with Gasteiger partial charge in [-0.2, -0.15) is 5.10 Å². The Bertz CT molecular complexity index is 919. The van der Waals surface area contributed by atoms with Crippen LogP contribution in [0.4, 0.5) is 0 Å². The zero-order valence-electron chi connectivity index (χ0n) is 14.1. The second-order valence-electron chi connectivity index (χ2n) is 5.79. The molecule has 1 aliphatic carbocycles. The summed E-state index contributed by atoms with van der Waals surface area (Å²) in [6.07, 6.45) is 2.55. The van der Waals surface area contributed by atoms with Gasteiger partial charge in [-0.3, -0.25) is 5.10 Å². The molecule has 0 saturated heterocycles. The topological polar surface area (TPSA) is 60.0 Å². The van der Waals surface area contributed by atoms with E-state index >= 15 is 0 Å². The average molecular weight is 356 g/mol. The normalized spacial score (nSPS) is 12.0. The summed E-state index contributed by atoms with van der Waals surface area (Å²) in [5, 5.41) is 8.13. The van der Waals surface area contributed by atoms with Crippen molar-refractivity contribution in [1.29, 1.82) is 0 Å². The van der Waals surface area contributed by atoms with Gasteiger partial charge in [0.05, 0.1) is 24.6 Å². The van der Waals surface area contributed by atoms with Gasteiger partial charge in [-0.1, -0.05) is 11.6 Å². The van der Waals surface area contributed by atoms with Gasteiger partial charge in [0, 0.05) is 29.3 Å². The third-order valence-corrected chi connectivity index (χ3v) is 4.50. The molecule has 0 aliphatic heterocycles. The lowest BCUT2D eigenvalue weighted by molar-refractivity contribution is 0.287. The molecule has 1 N–H and O–H groups in total. The van der Waals surface area contributed by atoms with E-state index in [0.717, 1.165) is 46.0 Å². The molecule has 2 heterocycles. The van der Waals surface area contributed by atoms with Gasteiger partial charge in [0.25, 0.3) is 0 Å². The van der Waals surface area contributed by atoms with E-state index in [9.17, 15) is 0 Å². The highest BCUT2D eigenvalue weighted by Gasteiger charge is 2.27. The Hall–Kier alpha value is -2.53. The van der Waals surface area contributed by atoms with E-state index in [-0.39, 0.29) is 0 Å². The smallest absolute Gasteiger partial charge is 0.161 e. The van der Waals surface area contributed by atoms with Crippen molar-refractivity contribution in [3.05, 3.63) is 46.7 Å². The molecule has 4 rings (SSSR count). The third kappa shape index (κ3) is 2.74. The van der Waals surface area contributed by atoms with Crippen molar-refractivity contribution in [3.63, 3.8) is 0 Å². The summed E-state index contributed by atoms with van der Waals surface area (Å²) in [5.74, 6) is 1.55. The first kappa shape index (κ1) is 16.0. The van der Waals surface area contributed by atoms with Gasteiger partial charge < -0.3 is 9.47 Å². The summed E-state index contributed by atoms with van der Waals surface area (Å²) < 4.78 is 11.5. The Morgan fingerprint density at radius 1 is 1.12 bits per heavy atom. The molecule has 1 aliphatic rings. The summed E-state index contributed by atoms with van der Waals surface area (Å²) in [7, 11) is 0. The Morgan fingerprint density at radius 3 is 2.56 bits per heavy atom. The van der Waals surface area contributed by atoms with Gasteiger partial charge in [-0.15, -0.1) is 0 Å². The van der Waals surface area contributed by atoms with Crippen molar-refractivity contribution in [3.8, 4) is 34.0 Å². The molecule has 25 heavy (non-hydrogen) atoms. The van der Waals surface area contributed by atoms with Gasteiger partial charge in [0.15, 0.2) is 11.5 Å². The second-order valence-corrected chi connectivity index (χ2v) is 6.18. The van der Waals surface area contributed by atoms with Crippen LogP contribution in [0.5, 0.6) is 11.5 Å². The molecule has 0 spiro atoms. The van der Waals surface area contributed by atoms with Crippen LogP contribution in [-0.4, -0.2) is 28.4 Å². The molecule has 3 aromatic rings. The molecule has 0 bridgehead atoms. The number of nitrogens with one attached hydrogen (secondary N) is 1. The summed E-state index contributed by atoms with van der Waals surface area (Å²) in [6, 6.07) is 7.83. The second kappa shape index (κ2) is 6.41. The molecule has 0 unspecified atom stereocenters. The Balaban J connectivity index is 1.78. The highest BCUT2D eigenvalue weighted by atomic mass is 35.5. The van der Waals surface area contributed by atoms with Gasteiger partial charge in [0.1, 0.15) is 5.15 Å². The molecule has 5 nitrogen and oxygen atoms in total. The zero-order chi connectivity index (χ0) is 17.4. The van der Waals surface area contributed by atoms with E-state index in [4.69, 9.17) is 21.1 Å². The van der Waals surface area contributed by atoms with Crippen LogP contribution in [0, 0.1) is 0 Å². The Morgan fingerprint density at radius 2 is 1.88 bits per heavy atom. The number of hydrogen-bond donors (Lipinski definition) is 1. The average Bonchev–Trinajstić information content (AvgIpc) is 3.16. The number of ether oxygens (including phenoxy) is 2. The quantitative estimate of drug-likeness (QED) is 0.536. The molecular weight excluding hydrogens is 338 g/mol. The van der Waals surface area contributed by atoms with E-state index in [1.807, 2.05) is 26.0 Å². The van der Waals surface area contributed by atoms with Crippen molar-refractivity contribution in [2.75, 3.05) is 13.2 Å². The number of halogens is 1. The highest BCUT2D eigenvalue weighted by molar-refractivity contribution is 6.29. The maximum absolute atomic E-state index is 5.89. The summed E-state index contributed by atoms with van der Waals surface area (Å²) in [6.45, 7) is 5.14. The minimum absolute atomic E-state index is 0.474. The lowest BCUT2D eigenvalue weighted by Gasteiger charge is -2.13. The van der Waals surface area contributed by atoms with Crippen molar-refractivity contribution in [2.24, 2.45) is 0 Å². The maximum atomic E-state index is 5.89. The fraction of sp³-hybridized carbons (Fsp3) is 0.263.